The van der Waals surface area contributed by atoms with Gasteiger partial charge in [0.15, 0.2) is 6.61 Å². The van der Waals surface area contributed by atoms with E-state index in [9.17, 15) is 22.8 Å². The van der Waals surface area contributed by atoms with Crippen LogP contribution in [0.1, 0.15) is 21.5 Å². The van der Waals surface area contributed by atoms with Gasteiger partial charge in [-0.15, -0.1) is 0 Å². The lowest BCUT2D eigenvalue weighted by atomic mass is 10.1. The Morgan fingerprint density at radius 2 is 1.94 bits per heavy atom. The maximum atomic E-state index is 12.8. The van der Waals surface area contributed by atoms with Gasteiger partial charge in [-0.2, -0.15) is 18.3 Å². The smallest absolute Gasteiger partial charge is 0.416 e. The third-order valence-electron chi connectivity index (χ3n) is 4.50. The highest BCUT2D eigenvalue weighted by Gasteiger charge is 2.30. The first-order chi connectivity index (χ1) is 15.2. The van der Waals surface area contributed by atoms with Gasteiger partial charge in [0.1, 0.15) is 5.75 Å². The van der Waals surface area contributed by atoms with Gasteiger partial charge in [-0.3, -0.25) is 9.59 Å². The molecule has 0 bridgehead atoms. The second kappa shape index (κ2) is 10.6. The number of halogens is 4. The average molecular weight is 514 g/mol. The predicted molar refractivity (Wildman–Crippen MR) is 114 cm³/mol. The van der Waals surface area contributed by atoms with Crippen molar-refractivity contribution in [2.45, 2.75) is 6.18 Å². The Hall–Kier alpha value is -2.92. The molecule has 1 heterocycles. The van der Waals surface area contributed by atoms with E-state index in [1.807, 2.05) is 0 Å². The average Bonchev–Trinajstić information content (AvgIpc) is 2.78. The summed E-state index contributed by atoms with van der Waals surface area (Å²) in [6.07, 6.45) is -3.21. The Morgan fingerprint density at radius 1 is 1.19 bits per heavy atom. The van der Waals surface area contributed by atoms with Crippen LogP contribution in [0.3, 0.4) is 0 Å². The second-order valence-electron chi connectivity index (χ2n) is 6.75. The fourth-order valence-corrected chi connectivity index (χ4v) is 3.34. The SMILES string of the molecule is O=C(N/N=C\c1ccc(OCC(=O)N2CCOCC2)c(Br)c1)c1cccc(C(F)(F)F)c1. The molecule has 1 N–H and O–H groups in total. The van der Waals surface area contributed by atoms with Crippen LogP contribution < -0.4 is 10.2 Å². The summed E-state index contributed by atoms with van der Waals surface area (Å²) in [6, 6.07) is 9.00. The van der Waals surface area contributed by atoms with E-state index in [0.29, 0.717) is 42.1 Å². The summed E-state index contributed by atoms with van der Waals surface area (Å²) in [7, 11) is 0. The second-order valence-corrected chi connectivity index (χ2v) is 7.60. The van der Waals surface area contributed by atoms with Gasteiger partial charge in [-0.25, -0.2) is 5.43 Å². The summed E-state index contributed by atoms with van der Waals surface area (Å²) in [6.45, 7) is 1.97. The quantitative estimate of drug-likeness (QED) is 0.473. The van der Waals surface area contributed by atoms with Gasteiger partial charge in [0, 0.05) is 18.7 Å². The summed E-state index contributed by atoms with van der Waals surface area (Å²) >= 11 is 3.35. The van der Waals surface area contributed by atoms with Crippen LogP contribution in [0.4, 0.5) is 13.2 Å². The number of hydrazone groups is 1. The largest absolute Gasteiger partial charge is 0.483 e. The van der Waals surface area contributed by atoms with Crippen molar-refractivity contribution in [3.63, 3.8) is 0 Å². The molecule has 1 fully saturated rings. The van der Waals surface area contributed by atoms with Crippen LogP contribution in [0.15, 0.2) is 52.0 Å². The molecule has 1 aliphatic rings. The number of benzene rings is 2. The number of nitrogens with zero attached hydrogens (tertiary/aromatic N) is 2. The number of nitrogens with one attached hydrogen (secondary N) is 1. The molecule has 1 saturated heterocycles. The van der Waals surface area contributed by atoms with Gasteiger partial charge in [0.05, 0.1) is 29.5 Å². The van der Waals surface area contributed by atoms with Crippen molar-refractivity contribution in [3.8, 4) is 5.75 Å². The summed E-state index contributed by atoms with van der Waals surface area (Å²) in [5.41, 5.74) is 1.71. The highest BCUT2D eigenvalue weighted by Crippen LogP contribution is 2.29. The standard InChI is InChI=1S/C21H19BrF3N3O4/c22-17-10-14(4-5-18(17)32-13-19(29)28-6-8-31-9-7-28)12-26-27-20(30)15-2-1-3-16(11-15)21(23,24)25/h1-5,10-12H,6-9,13H2,(H,27,30)/b26-12-. The highest BCUT2D eigenvalue weighted by molar-refractivity contribution is 9.10. The van der Waals surface area contributed by atoms with Crippen LogP contribution in [-0.2, 0) is 15.7 Å². The molecule has 32 heavy (non-hydrogen) atoms. The van der Waals surface area contributed by atoms with Crippen LogP contribution in [0.2, 0.25) is 0 Å². The van der Waals surface area contributed by atoms with Crippen molar-refractivity contribution >= 4 is 34.0 Å². The van der Waals surface area contributed by atoms with Crippen molar-refractivity contribution in [2.24, 2.45) is 5.10 Å². The number of carbonyl (C=O) groups is 2. The normalized spacial score (nSPS) is 14.4. The van der Waals surface area contributed by atoms with E-state index in [1.165, 1.54) is 12.3 Å². The molecule has 0 unspecified atom stereocenters. The summed E-state index contributed by atoms with van der Waals surface area (Å²) in [5, 5.41) is 3.78. The Balaban J connectivity index is 1.54. The van der Waals surface area contributed by atoms with Gasteiger partial charge in [0.25, 0.3) is 11.8 Å². The van der Waals surface area contributed by atoms with Gasteiger partial charge < -0.3 is 14.4 Å². The molecule has 1 aliphatic heterocycles. The molecule has 2 aromatic rings. The van der Waals surface area contributed by atoms with Crippen LogP contribution in [-0.4, -0.2) is 55.8 Å². The molecule has 2 amide bonds. The minimum atomic E-state index is -4.54. The van der Waals surface area contributed by atoms with Gasteiger partial charge in [-0.05, 0) is 57.9 Å². The third kappa shape index (κ3) is 6.54. The summed E-state index contributed by atoms with van der Waals surface area (Å²) in [5.74, 6) is -0.451. The number of alkyl halides is 3. The first kappa shape index (κ1) is 23.7. The lowest BCUT2D eigenvalue weighted by Crippen LogP contribution is -2.43. The molecule has 0 aliphatic carbocycles. The monoisotopic (exact) mass is 513 g/mol. The van der Waals surface area contributed by atoms with E-state index >= 15 is 0 Å². The lowest BCUT2D eigenvalue weighted by molar-refractivity contribution is -0.138. The highest BCUT2D eigenvalue weighted by atomic mass is 79.9. The molecule has 3 rings (SSSR count). The molecular formula is C21H19BrF3N3O4. The van der Waals surface area contributed by atoms with Crippen molar-refractivity contribution < 1.29 is 32.2 Å². The molecule has 0 spiro atoms. The zero-order valence-electron chi connectivity index (χ0n) is 16.7. The molecule has 2 aromatic carbocycles. The van der Waals surface area contributed by atoms with Crippen molar-refractivity contribution in [1.29, 1.82) is 0 Å². The zero-order chi connectivity index (χ0) is 23.1. The Bertz CT molecular complexity index is 1010. The fraction of sp³-hybridized carbons (Fsp3) is 0.286. The van der Waals surface area contributed by atoms with E-state index in [0.717, 1.165) is 18.2 Å². The summed E-state index contributed by atoms with van der Waals surface area (Å²) < 4.78 is 49.6. The van der Waals surface area contributed by atoms with Gasteiger partial charge >= 0.3 is 6.18 Å². The van der Waals surface area contributed by atoms with E-state index < -0.39 is 17.6 Å². The number of carbonyl (C=O) groups excluding carboxylic acids is 2. The fourth-order valence-electron chi connectivity index (χ4n) is 2.82. The summed E-state index contributed by atoms with van der Waals surface area (Å²) in [4.78, 5) is 25.9. The number of morpholine rings is 1. The minimum absolute atomic E-state index is 0.112. The Morgan fingerprint density at radius 3 is 2.62 bits per heavy atom. The topological polar surface area (TPSA) is 80.2 Å². The molecule has 170 valence electrons. The molecule has 0 radical (unpaired) electrons. The number of hydrogen-bond donors (Lipinski definition) is 1. The first-order valence-corrected chi connectivity index (χ1v) is 10.3. The number of rotatable bonds is 6. The van der Waals surface area contributed by atoms with Gasteiger partial charge in [0.2, 0.25) is 0 Å². The van der Waals surface area contributed by atoms with Crippen LogP contribution in [0.25, 0.3) is 0 Å². The van der Waals surface area contributed by atoms with Gasteiger partial charge in [-0.1, -0.05) is 6.07 Å². The Kier molecular flexibility index (Phi) is 7.86. The van der Waals surface area contributed by atoms with Crippen molar-refractivity contribution in [1.82, 2.24) is 10.3 Å². The van der Waals surface area contributed by atoms with Crippen LogP contribution in [0, 0.1) is 0 Å². The maximum Gasteiger partial charge on any atom is 0.416 e. The number of ether oxygens (including phenoxy) is 2. The first-order valence-electron chi connectivity index (χ1n) is 9.52. The predicted octanol–water partition coefficient (Wildman–Crippen LogP) is 3.47. The van der Waals surface area contributed by atoms with E-state index in [4.69, 9.17) is 9.47 Å². The number of hydrogen-bond acceptors (Lipinski definition) is 5. The molecular weight excluding hydrogens is 495 g/mol. The molecule has 0 atom stereocenters. The third-order valence-corrected chi connectivity index (χ3v) is 5.12. The molecule has 7 nitrogen and oxygen atoms in total. The lowest BCUT2D eigenvalue weighted by Gasteiger charge is -2.26. The van der Waals surface area contributed by atoms with E-state index in [2.05, 4.69) is 26.5 Å². The molecule has 11 heteroatoms. The molecule has 0 aromatic heterocycles. The molecule has 0 saturated carbocycles. The minimum Gasteiger partial charge on any atom is -0.483 e. The van der Waals surface area contributed by atoms with Crippen LogP contribution in [0.5, 0.6) is 5.75 Å². The number of amides is 2. The van der Waals surface area contributed by atoms with Crippen molar-refractivity contribution in [3.05, 3.63) is 63.6 Å². The van der Waals surface area contributed by atoms with E-state index in [-0.39, 0.29) is 18.1 Å². The Labute approximate surface area is 190 Å². The van der Waals surface area contributed by atoms with E-state index in [1.54, 1.807) is 23.1 Å². The van der Waals surface area contributed by atoms with Crippen molar-refractivity contribution in [2.75, 3.05) is 32.9 Å². The van der Waals surface area contributed by atoms with Crippen LogP contribution >= 0.6 is 15.9 Å². The zero-order valence-corrected chi connectivity index (χ0v) is 18.3. The maximum absolute atomic E-state index is 12.8.